The largest absolute Gasteiger partial charge is 0.302 e. The zero-order valence-electron chi connectivity index (χ0n) is 12.1. The SMILES string of the molecule is CC(=O)Nc1nc2ccc(NS(=O)(=O)c3ccccc3)cc2s1. The highest BCUT2D eigenvalue weighted by molar-refractivity contribution is 7.92. The summed E-state index contributed by atoms with van der Waals surface area (Å²) < 4.78 is 27.9. The van der Waals surface area contributed by atoms with Crippen LogP contribution in [0.1, 0.15) is 6.92 Å². The first-order valence-electron chi connectivity index (χ1n) is 6.70. The fourth-order valence-corrected chi connectivity index (χ4v) is 4.03. The van der Waals surface area contributed by atoms with Gasteiger partial charge in [-0.1, -0.05) is 29.5 Å². The van der Waals surface area contributed by atoms with Crippen LogP contribution in [0.2, 0.25) is 0 Å². The van der Waals surface area contributed by atoms with Crippen molar-refractivity contribution in [1.29, 1.82) is 0 Å². The van der Waals surface area contributed by atoms with Gasteiger partial charge in [0.1, 0.15) is 0 Å². The molecule has 0 saturated heterocycles. The summed E-state index contributed by atoms with van der Waals surface area (Å²) in [7, 11) is -3.63. The summed E-state index contributed by atoms with van der Waals surface area (Å²) in [5.74, 6) is -0.200. The lowest BCUT2D eigenvalue weighted by atomic mass is 10.3. The second kappa shape index (κ2) is 5.98. The minimum atomic E-state index is -3.63. The van der Waals surface area contributed by atoms with Crippen molar-refractivity contribution in [3.63, 3.8) is 0 Å². The molecule has 3 aromatic rings. The van der Waals surface area contributed by atoms with Crippen molar-refractivity contribution in [2.24, 2.45) is 0 Å². The number of nitrogens with one attached hydrogen (secondary N) is 2. The molecule has 8 heteroatoms. The zero-order chi connectivity index (χ0) is 16.4. The molecule has 1 aromatic heterocycles. The van der Waals surface area contributed by atoms with E-state index in [0.717, 1.165) is 4.70 Å². The molecule has 2 aromatic carbocycles. The Balaban J connectivity index is 1.90. The van der Waals surface area contributed by atoms with Crippen molar-refractivity contribution in [2.45, 2.75) is 11.8 Å². The lowest BCUT2D eigenvalue weighted by Gasteiger charge is -2.07. The highest BCUT2D eigenvalue weighted by Gasteiger charge is 2.14. The van der Waals surface area contributed by atoms with Crippen molar-refractivity contribution in [1.82, 2.24) is 4.98 Å². The Hall–Kier alpha value is -2.45. The predicted octanol–water partition coefficient (Wildman–Crippen LogP) is 3.06. The highest BCUT2D eigenvalue weighted by Crippen LogP contribution is 2.29. The topological polar surface area (TPSA) is 88.2 Å². The summed E-state index contributed by atoms with van der Waals surface area (Å²) in [5, 5.41) is 3.10. The second-order valence-corrected chi connectivity index (χ2v) is 7.51. The maximum Gasteiger partial charge on any atom is 0.261 e. The summed E-state index contributed by atoms with van der Waals surface area (Å²) in [5.41, 5.74) is 1.14. The van der Waals surface area contributed by atoms with Crippen LogP contribution in [0.4, 0.5) is 10.8 Å². The Morgan fingerprint density at radius 3 is 2.57 bits per heavy atom. The molecule has 0 unspecified atom stereocenters. The lowest BCUT2D eigenvalue weighted by molar-refractivity contribution is -0.114. The molecule has 0 aliphatic carbocycles. The van der Waals surface area contributed by atoms with Gasteiger partial charge in [-0.25, -0.2) is 13.4 Å². The van der Waals surface area contributed by atoms with Crippen molar-refractivity contribution in [2.75, 3.05) is 10.0 Å². The molecule has 0 bridgehead atoms. The van der Waals surface area contributed by atoms with Gasteiger partial charge < -0.3 is 5.32 Å². The molecule has 0 saturated carbocycles. The second-order valence-electron chi connectivity index (χ2n) is 4.80. The summed E-state index contributed by atoms with van der Waals surface area (Å²) in [6.45, 7) is 1.41. The number of benzene rings is 2. The minimum absolute atomic E-state index is 0.198. The number of hydrogen-bond donors (Lipinski definition) is 2. The van der Waals surface area contributed by atoms with E-state index in [1.54, 1.807) is 36.4 Å². The number of nitrogens with zero attached hydrogens (tertiary/aromatic N) is 1. The Labute approximate surface area is 137 Å². The van der Waals surface area contributed by atoms with E-state index in [9.17, 15) is 13.2 Å². The summed E-state index contributed by atoms with van der Waals surface area (Å²) >= 11 is 1.28. The Bertz CT molecular complexity index is 966. The average Bonchev–Trinajstić information content (AvgIpc) is 2.88. The third kappa shape index (κ3) is 3.49. The molecule has 0 fully saturated rings. The fourth-order valence-electron chi connectivity index (χ4n) is 2.01. The Morgan fingerprint density at radius 1 is 1.13 bits per heavy atom. The van der Waals surface area contributed by atoms with Crippen LogP contribution in [0.25, 0.3) is 10.2 Å². The molecule has 0 aliphatic rings. The number of hydrogen-bond acceptors (Lipinski definition) is 5. The van der Waals surface area contributed by atoms with E-state index in [1.165, 1.54) is 30.4 Å². The number of rotatable bonds is 4. The van der Waals surface area contributed by atoms with Gasteiger partial charge in [-0.15, -0.1) is 0 Å². The number of carbonyl (C=O) groups is 1. The van der Waals surface area contributed by atoms with E-state index in [-0.39, 0.29) is 10.8 Å². The third-order valence-electron chi connectivity index (χ3n) is 2.98. The third-order valence-corrected chi connectivity index (χ3v) is 5.31. The molecule has 2 N–H and O–H groups in total. The molecule has 0 radical (unpaired) electrons. The van der Waals surface area contributed by atoms with Crippen LogP contribution < -0.4 is 10.0 Å². The minimum Gasteiger partial charge on any atom is -0.302 e. The van der Waals surface area contributed by atoms with E-state index in [4.69, 9.17) is 0 Å². The van der Waals surface area contributed by atoms with Crippen LogP contribution in [0, 0.1) is 0 Å². The maximum absolute atomic E-state index is 12.3. The molecule has 1 amide bonds. The molecule has 1 heterocycles. The van der Waals surface area contributed by atoms with E-state index in [1.807, 2.05) is 0 Å². The first-order chi connectivity index (χ1) is 10.9. The van der Waals surface area contributed by atoms with E-state index >= 15 is 0 Å². The van der Waals surface area contributed by atoms with Crippen LogP contribution >= 0.6 is 11.3 Å². The fraction of sp³-hybridized carbons (Fsp3) is 0.0667. The normalized spacial score (nSPS) is 11.3. The van der Waals surface area contributed by atoms with Gasteiger partial charge in [-0.3, -0.25) is 9.52 Å². The van der Waals surface area contributed by atoms with Crippen LogP contribution in [0.15, 0.2) is 53.4 Å². The van der Waals surface area contributed by atoms with Crippen molar-refractivity contribution in [3.05, 3.63) is 48.5 Å². The standard InChI is InChI=1S/C15H13N3O3S2/c1-10(19)16-15-17-13-8-7-11(9-14(13)22-15)18-23(20,21)12-5-3-2-4-6-12/h2-9,18H,1H3,(H,16,17,19). The average molecular weight is 347 g/mol. The number of carbonyl (C=O) groups excluding carboxylic acids is 1. The number of amides is 1. The van der Waals surface area contributed by atoms with Crippen LogP contribution in [-0.2, 0) is 14.8 Å². The maximum atomic E-state index is 12.3. The summed E-state index contributed by atoms with van der Waals surface area (Å²) in [6, 6.07) is 13.2. The van der Waals surface area contributed by atoms with E-state index in [0.29, 0.717) is 16.3 Å². The van der Waals surface area contributed by atoms with Crippen molar-refractivity contribution in [3.8, 4) is 0 Å². The first kappa shape index (κ1) is 15.4. The Morgan fingerprint density at radius 2 is 1.87 bits per heavy atom. The predicted molar refractivity (Wildman–Crippen MR) is 91.2 cm³/mol. The highest BCUT2D eigenvalue weighted by atomic mass is 32.2. The van der Waals surface area contributed by atoms with Gasteiger partial charge in [0.25, 0.3) is 10.0 Å². The van der Waals surface area contributed by atoms with E-state index in [2.05, 4.69) is 15.0 Å². The van der Waals surface area contributed by atoms with E-state index < -0.39 is 10.0 Å². The smallest absolute Gasteiger partial charge is 0.261 e. The molecule has 0 aliphatic heterocycles. The molecule has 0 atom stereocenters. The van der Waals surface area contributed by atoms with Crippen LogP contribution in [-0.4, -0.2) is 19.3 Å². The van der Waals surface area contributed by atoms with Crippen molar-refractivity contribution >= 4 is 48.3 Å². The summed E-state index contributed by atoms with van der Waals surface area (Å²) in [4.78, 5) is 15.5. The quantitative estimate of drug-likeness (QED) is 0.759. The molecule has 118 valence electrons. The first-order valence-corrected chi connectivity index (χ1v) is 9.00. The number of anilines is 2. The van der Waals surface area contributed by atoms with Gasteiger partial charge in [0.05, 0.1) is 20.8 Å². The molecule has 3 rings (SSSR count). The van der Waals surface area contributed by atoms with Crippen molar-refractivity contribution < 1.29 is 13.2 Å². The van der Waals surface area contributed by atoms with Gasteiger partial charge in [-0.05, 0) is 30.3 Å². The molecule has 6 nitrogen and oxygen atoms in total. The summed E-state index contributed by atoms with van der Waals surface area (Å²) in [6.07, 6.45) is 0. The number of fused-ring (bicyclic) bond motifs is 1. The molecular formula is C15H13N3O3S2. The lowest BCUT2D eigenvalue weighted by Crippen LogP contribution is -2.12. The van der Waals surface area contributed by atoms with Gasteiger partial charge in [0.15, 0.2) is 5.13 Å². The number of aromatic nitrogens is 1. The van der Waals surface area contributed by atoms with Gasteiger partial charge >= 0.3 is 0 Å². The van der Waals surface area contributed by atoms with Gasteiger partial charge in [0.2, 0.25) is 5.91 Å². The number of sulfonamides is 1. The number of thiazole rings is 1. The Kier molecular flexibility index (Phi) is 4.01. The van der Waals surface area contributed by atoms with Gasteiger partial charge in [-0.2, -0.15) is 0 Å². The molecular weight excluding hydrogens is 334 g/mol. The molecule has 0 spiro atoms. The van der Waals surface area contributed by atoms with Crippen LogP contribution in [0.3, 0.4) is 0 Å². The van der Waals surface area contributed by atoms with Gasteiger partial charge in [0, 0.05) is 6.92 Å². The zero-order valence-corrected chi connectivity index (χ0v) is 13.7. The monoisotopic (exact) mass is 347 g/mol. The molecule has 23 heavy (non-hydrogen) atoms. The van der Waals surface area contributed by atoms with Crippen LogP contribution in [0.5, 0.6) is 0 Å².